The first-order valence-electron chi connectivity index (χ1n) is 10.8. The van der Waals surface area contributed by atoms with Crippen LogP contribution in [0.5, 0.6) is 0 Å². The van der Waals surface area contributed by atoms with Gasteiger partial charge in [-0.05, 0) is 42.3 Å². The number of Topliss-reactive ketones (excluding diaryl/α,β-unsaturated/α-hetero) is 1. The molecule has 1 aliphatic heterocycles. The Balaban J connectivity index is 1.39. The van der Waals surface area contributed by atoms with E-state index in [1.807, 2.05) is 12.1 Å². The number of ether oxygens (including phenoxy) is 1. The zero-order chi connectivity index (χ0) is 24.2. The number of rotatable bonds is 7. The molecule has 8 heteroatoms. The van der Waals surface area contributed by atoms with Crippen LogP contribution in [0, 0.1) is 16.0 Å². The van der Waals surface area contributed by atoms with E-state index in [0.717, 1.165) is 11.1 Å². The molecule has 1 aliphatic rings. The number of nitro groups is 1. The minimum Gasteiger partial charge on any atom is -0.454 e. The van der Waals surface area contributed by atoms with E-state index in [1.54, 1.807) is 54.6 Å². The summed E-state index contributed by atoms with van der Waals surface area (Å²) in [5.41, 5.74) is 2.76. The number of esters is 1. The second-order valence-corrected chi connectivity index (χ2v) is 8.07. The van der Waals surface area contributed by atoms with Crippen molar-refractivity contribution in [3.63, 3.8) is 0 Å². The summed E-state index contributed by atoms with van der Waals surface area (Å²) in [5, 5.41) is 10.8. The number of hydrogen-bond acceptors (Lipinski definition) is 6. The second-order valence-electron chi connectivity index (χ2n) is 8.07. The number of hydrogen-bond donors (Lipinski definition) is 0. The highest BCUT2D eigenvalue weighted by atomic mass is 16.6. The van der Waals surface area contributed by atoms with Crippen molar-refractivity contribution >= 4 is 29.0 Å². The van der Waals surface area contributed by atoms with Gasteiger partial charge in [-0.1, -0.05) is 42.5 Å². The fourth-order valence-electron chi connectivity index (χ4n) is 3.89. The zero-order valence-electron chi connectivity index (χ0n) is 18.4. The molecule has 0 bridgehead atoms. The van der Waals surface area contributed by atoms with E-state index in [0.29, 0.717) is 11.3 Å². The van der Waals surface area contributed by atoms with Crippen molar-refractivity contribution in [3.05, 3.63) is 94.5 Å². The molecule has 0 aromatic heterocycles. The van der Waals surface area contributed by atoms with E-state index in [9.17, 15) is 24.5 Å². The lowest BCUT2D eigenvalue weighted by Crippen LogP contribution is -2.30. The number of ketones is 1. The van der Waals surface area contributed by atoms with Gasteiger partial charge in [-0.25, -0.2) is 0 Å². The molecule has 34 heavy (non-hydrogen) atoms. The fraction of sp³-hybridized carbons (Fsp3) is 0.192. The van der Waals surface area contributed by atoms with E-state index in [1.165, 1.54) is 24.0 Å². The highest BCUT2D eigenvalue weighted by Gasteiger charge is 2.37. The number of carbonyl (C=O) groups is 3. The SMILES string of the molecule is C[C@H](OC(=O)[C@H]1CC(=O)N(c2ccc(-c3ccc([N+](=O)[O-])cc3)cc2)C1)C(=O)c1ccccc1. The van der Waals surface area contributed by atoms with Crippen LogP contribution in [0.2, 0.25) is 0 Å². The Kier molecular flexibility index (Phi) is 6.49. The van der Waals surface area contributed by atoms with Crippen molar-refractivity contribution in [2.45, 2.75) is 19.4 Å². The van der Waals surface area contributed by atoms with Crippen molar-refractivity contribution in [1.82, 2.24) is 0 Å². The third kappa shape index (κ3) is 4.85. The normalized spacial score (nSPS) is 16.2. The first-order chi connectivity index (χ1) is 16.3. The third-order valence-electron chi connectivity index (χ3n) is 5.77. The summed E-state index contributed by atoms with van der Waals surface area (Å²) in [5.74, 6) is -1.73. The summed E-state index contributed by atoms with van der Waals surface area (Å²) >= 11 is 0. The maximum Gasteiger partial charge on any atom is 0.312 e. The predicted molar refractivity (Wildman–Crippen MR) is 125 cm³/mol. The van der Waals surface area contributed by atoms with Gasteiger partial charge in [-0.15, -0.1) is 0 Å². The van der Waals surface area contributed by atoms with Crippen LogP contribution in [0.3, 0.4) is 0 Å². The number of nitrogens with zero attached hydrogens (tertiary/aromatic N) is 2. The quantitative estimate of drug-likeness (QED) is 0.224. The average Bonchev–Trinajstić information content (AvgIpc) is 3.26. The van der Waals surface area contributed by atoms with Gasteiger partial charge in [0.1, 0.15) is 0 Å². The molecule has 0 spiro atoms. The monoisotopic (exact) mass is 458 g/mol. The van der Waals surface area contributed by atoms with E-state index in [4.69, 9.17) is 4.74 Å². The highest BCUT2D eigenvalue weighted by Crippen LogP contribution is 2.29. The predicted octanol–water partition coefficient (Wildman–Crippen LogP) is 4.43. The molecule has 0 unspecified atom stereocenters. The van der Waals surface area contributed by atoms with E-state index in [2.05, 4.69) is 0 Å². The molecule has 4 rings (SSSR count). The van der Waals surface area contributed by atoms with Crippen LogP contribution in [-0.2, 0) is 14.3 Å². The maximum absolute atomic E-state index is 12.6. The van der Waals surface area contributed by atoms with Gasteiger partial charge in [0.05, 0.1) is 10.8 Å². The van der Waals surface area contributed by atoms with Crippen molar-refractivity contribution in [2.24, 2.45) is 5.92 Å². The lowest BCUT2D eigenvalue weighted by Gasteiger charge is -2.18. The van der Waals surface area contributed by atoms with E-state index < -0.39 is 22.9 Å². The molecule has 1 amide bonds. The third-order valence-corrected chi connectivity index (χ3v) is 5.77. The van der Waals surface area contributed by atoms with Crippen LogP contribution in [0.4, 0.5) is 11.4 Å². The van der Waals surface area contributed by atoms with Crippen LogP contribution < -0.4 is 4.90 Å². The molecule has 3 aromatic rings. The summed E-state index contributed by atoms with van der Waals surface area (Å²) in [4.78, 5) is 49.6. The smallest absolute Gasteiger partial charge is 0.312 e. The van der Waals surface area contributed by atoms with Crippen molar-refractivity contribution in [3.8, 4) is 11.1 Å². The van der Waals surface area contributed by atoms with Gasteiger partial charge in [0.25, 0.3) is 5.69 Å². The number of nitro benzene ring substituents is 1. The standard InChI is InChI=1S/C26H22N2O6/c1-17(25(30)20-5-3-2-4-6-20)34-26(31)21-15-24(29)27(16-21)22-11-7-18(8-12-22)19-9-13-23(14-10-19)28(32)33/h2-14,17,21H,15-16H2,1H3/t17-,21-/m0/s1. The summed E-state index contributed by atoms with van der Waals surface area (Å²) in [7, 11) is 0. The Hall–Kier alpha value is -4.33. The van der Waals surface area contributed by atoms with Crippen molar-refractivity contribution in [1.29, 1.82) is 0 Å². The molecule has 0 aliphatic carbocycles. The molecule has 1 saturated heterocycles. The minimum atomic E-state index is -0.944. The van der Waals surface area contributed by atoms with Gasteiger partial charge < -0.3 is 9.64 Å². The minimum absolute atomic E-state index is 0.00911. The topological polar surface area (TPSA) is 107 Å². The van der Waals surface area contributed by atoms with Gasteiger partial charge in [0.15, 0.2) is 6.10 Å². The molecule has 1 fully saturated rings. The van der Waals surface area contributed by atoms with Crippen molar-refractivity contribution < 1.29 is 24.0 Å². The van der Waals surface area contributed by atoms with E-state index >= 15 is 0 Å². The summed E-state index contributed by atoms with van der Waals surface area (Å²) in [6.07, 6.45) is -0.935. The van der Waals surface area contributed by atoms with Crippen LogP contribution >= 0.6 is 0 Å². The molecule has 8 nitrogen and oxygen atoms in total. The number of amides is 1. The number of benzene rings is 3. The first kappa shape index (κ1) is 22.8. The molecular weight excluding hydrogens is 436 g/mol. The second kappa shape index (κ2) is 9.66. The van der Waals surface area contributed by atoms with Crippen molar-refractivity contribution in [2.75, 3.05) is 11.4 Å². The van der Waals surface area contributed by atoms with Gasteiger partial charge >= 0.3 is 5.97 Å². The lowest BCUT2D eigenvalue weighted by atomic mass is 10.0. The Morgan fingerprint density at radius 1 is 0.971 bits per heavy atom. The number of anilines is 1. The molecule has 0 N–H and O–H groups in total. The Bertz CT molecular complexity index is 1220. The number of carbonyl (C=O) groups excluding carboxylic acids is 3. The Labute approximate surface area is 195 Å². The van der Waals surface area contributed by atoms with Gasteiger partial charge in [-0.2, -0.15) is 0 Å². The summed E-state index contributed by atoms with van der Waals surface area (Å²) < 4.78 is 5.37. The summed E-state index contributed by atoms with van der Waals surface area (Å²) in [6.45, 7) is 1.69. The average molecular weight is 458 g/mol. The molecule has 0 radical (unpaired) electrons. The largest absolute Gasteiger partial charge is 0.454 e. The van der Waals surface area contributed by atoms with E-state index in [-0.39, 0.29) is 30.3 Å². The lowest BCUT2D eigenvalue weighted by molar-refractivity contribution is -0.384. The molecule has 2 atom stereocenters. The van der Waals surface area contributed by atoms with Crippen LogP contribution in [0.25, 0.3) is 11.1 Å². The fourth-order valence-corrected chi connectivity index (χ4v) is 3.89. The molecule has 1 heterocycles. The van der Waals surface area contributed by atoms with Crippen LogP contribution in [0.15, 0.2) is 78.9 Å². The van der Waals surface area contributed by atoms with Gasteiger partial charge in [-0.3, -0.25) is 24.5 Å². The molecular formula is C26H22N2O6. The molecule has 3 aromatic carbocycles. The maximum atomic E-state index is 12.6. The number of non-ortho nitro benzene ring substituents is 1. The van der Waals surface area contributed by atoms with Crippen LogP contribution in [0.1, 0.15) is 23.7 Å². The molecule has 172 valence electrons. The van der Waals surface area contributed by atoms with Gasteiger partial charge in [0.2, 0.25) is 11.7 Å². The zero-order valence-corrected chi connectivity index (χ0v) is 18.4. The molecule has 0 saturated carbocycles. The Morgan fingerprint density at radius 3 is 2.15 bits per heavy atom. The van der Waals surface area contributed by atoms with Gasteiger partial charge in [0, 0.05) is 36.3 Å². The highest BCUT2D eigenvalue weighted by molar-refractivity contribution is 6.02. The van der Waals surface area contributed by atoms with Crippen LogP contribution in [-0.4, -0.2) is 35.2 Å². The first-order valence-corrected chi connectivity index (χ1v) is 10.8. The Morgan fingerprint density at radius 2 is 1.56 bits per heavy atom. The summed E-state index contributed by atoms with van der Waals surface area (Å²) in [6, 6.07) is 22.0.